The molecule has 134 valence electrons. The summed E-state index contributed by atoms with van der Waals surface area (Å²) in [5, 5.41) is 0. The highest BCUT2D eigenvalue weighted by atomic mass is 19.4. The lowest BCUT2D eigenvalue weighted by atomic mass is 9.90. The van der Waals surface area contributed by atoms with E-state index in [4.69, 9.17) is 0 Å². The maximum atomic E-state index is 12.9. The van der Waals surface area contributed by atoms with Crippen LogP contribution >= 0.6 is 0 Å². The molecule has 0 unspecified atom stereocenters. The van der Waals surface area contributed by atoms with Crippen LogP contribution in [-0.4, -0.2) is 29.8 Å². The molecule has 1 saturated heterocycles. The lowest BCUT2D eigenvalue weighted by molar-refractivity contribution is -0.137. The van der Waals surface area contributed by atoms with Gasteiger partial charge in [-0.05, 0) is 63.8 Å². The number of benzene rings is 1. The predicted octanol–water partition coefficient (Wildman–Crippen LogP) is 4.64. The van der Waals surface area contributed by atoms with Crippen LogP contribution in [0.15, 0.2) is 18.2 Å². The third-order valence-electron chi connectivity index (χ3n) is 4.66. The number of halogens is 3. The van der Waals surface area contributed by atoms with Crippen molar-refractivity contribution < 1.29 is 18.0 Å². The van der Waals surface area contributed by atoms with Crippen LogP contribution in [0.5, 0.6) is 0 Å². The fourth-order valence-electron chi connectivity index (χ4n) is 3.48. The van der Waals surface area contributed by atoms with E-state index in [-0.39, 0.29) is 12.2 Å². The fourth-order valence-corrected chi connectivity index (χ4v) is 3.48. The van der Waals surface area contributed by atoms with Crippen molar-refractivity contribution in [3.05, 3.63) is 34.9 Å². The molecule has 0 aliphatic carbocycles. The molecule has 0 radical (unpaired) electrons. The summed E-state index contributed by atoms with van der Waals surface area (Å²) in [4.78, 5) is 14.7. The van der Waals surface area contributed by atoms with Gasteiger partial charge in [0.2, 0.25) is 0 Å². The summed E-state index contributed by atoms with van der Waals surface area (Å²) in [6.45, 7) is 7.90. The van der Waals surface area contributed by atoms with Gasteiger partial charge in [-0.2, -0.15) is 13.2 Å². The molecule has 1 atom stereocenters. The highest BCUT2D eigenvalue weighted by molar-refractivity contribution is 5.81. The van der Waals surface area contributed by atoms with E-state index in [1.807, 2.05) is 0 Å². The maximum absolute atomic E-state index is 12.9. The van der Waals surface area contributed by atoms with E-state index < -0.39 is 11.7 Å². The largest absolute Gasteiger partial charge is 0.416 e. The molecule has 0 bridgehead atoms. The Bertz CT molecular complexity index is 580. The Kier molecular flexibility index (Phi) is 6.07. The number of rotatable bonds is 5. The first-order chi connectivity index (χ1) is 11.1. The van der Waals surface area contributed by atoms with Gasteiger partial charge in [0.25, 0.3) is 0 Å². The summed E-state index contributed by atoms with van der Waals surface area (Å²) in [5.41, 5.74) is 0.328. The fraction of sp³-hybridized carbons (Fsp3) is 0.632. The van der Waals surface area contributed by atoms with Gasteiger partial charge >= 0.3 is 6.18 Å². The van der Waals surface area contributed by atoms with Gasteiger partial charge in [-0.25, -0.2) is 0 Å². The molecule has 1 fully saturated rings. The summed E-state index contributed by atoms with van der Waals surface area (Å²) >= 11 is 0. The summed E-state index contributed by atoms with van der Waals surface area (Å²) in [6.07, 6.45) is -1.72. The number of hydrogen-bond donors (Lipinski definition) is 0. The number of piperidine rings is 1. The van der Waals surface area contributed by atoms with Gasteiger partial charge in [-0.3, -0.25) is 4.79 Å². The van der Waals surface area contributed by atoms with Crippen molar-refractivity contribution in [2.24, 2.45) is 5.92 Å². The summed E-state index contributed by atoms with van der Waals surface area (Å²) in [7, 11) is 0. The number of aryl methyl sites for hydroxylation is 1. The normalized spacial score (nSPS) is 19.7. The van der Waals surface area contributed by atoms with Gasteiger partial charge in [0.1, 0.15) is 5.78 Å². The van der Waals surface area contributed by atoms with Crippen LogP contribution < -0.4 is 0 Å². The molecule has 0 amide bonds. The quantitative estimate of drug-likeness (QED) is 0.778. The Morgan fingerprint density at radius 1 is 1.29 bits per heavy atom. The average Bonchev–Trinajstić information content (AvgIpc) is 2.45. The molecule has 0 N–H and O–H groups in total. The number of ketones is 1. The smallest absolute Gasteiger partial charge is 0.301 e. The Balaban J connectivity index is 1.98. The van der Waals surface area contributed by atoms with E-state index in [2.05, 4.69) is 18.7 Å². The summed E-state index contributed by atoms with van der Waals surface area (Å²) in [5.74, 6) is 0.352. The van der Waals surface area contributed by atoms with E-state index in [0.29, 0.717) is 29.5 Å². The van der Waals surface area contributed by atoms with Crippen molar-refractivity contribution in [2.45, 2.75) is 58.7 Å². The Morgan fingerprint density at radius 2 is 2.00 bits per heavy atom. The second kappa shape index (κ2) is 7.68. The van der Waals surface area contributed by atoms with E-state index in [0.717, 1.165) is 38.1 Å². The first kappa shape index (κ1) is 19.0. The minimum Gasteiger partial charge on any atom is -0.301 e. The number of hydrogen-bond acceptors (Lipinski definition) is 2. The van der Waals surface area contributed by atoms with Crippen LogP contribution in [0.3, 0.4) is 0 Å². The zero-order valence-corrected chi connectivity index (χ0v) is 14.6. The van der Waals surface area contributed by atoms with Gasteiger partial charge in [0.15, 0.2) is 0 Å². The molecule has 1 aromatic rings. The number of alkyl halides is 3. The van der Waals surface area contributed by atoms with Crippen LogP contribution in [0.25, 0.3) is 0 Å². The minimum atomic E-state index is -4.37. The molecule has 1 aromatic carbocycles. The SMILES string of the molecule is Cc1cc(CC(=O)C[C@@H]2CCCN(C(C)C)C2)cc(C(F)(F)F)c1. The zero-order valence-electron chi connectivity index (χ0n) is 14.6. The van der Waals surface area contributed by atoms with Crippen molar-refractivity contribution in [3.63, 3.8) is 0 Å². The van der Waals surface area contributed by atoms with Crippen molar-refractivity contribution in [1.29, 1.82) is 0 Å². The molecule has 0 aromatic heterocycles. The van der Waals surface area contributed by atoms with Gasteiger partial charge < -0.3 is 4.90 Å². The third-order valence-corrected chi connectivity index (χ3v) is 4.66. The number of Topliss-reactive ketones (excluding diaryl/α,β-unsaturated/α-hetero) is 1. The van der Waals surface area contributed by atoms with Crippen molar-refractivity contribution in [3.8, 4) is 0 Å². The molecule has 1 heterocycles. The topological polar surface area (TPSA) is 20.3 Å². The molecule has 1 aliphatic heterocycles. The van der Waals surface area contributed by atoms with Crippen LogP contribution in [0, 0.1) is 12.8 Å². The Hall–Kier alpha value is -1.36. The Labute approximate surface area is 142 Å². The monoisotopic (exact) mass is 341 g/mol. The van der Waals surface area contributed by atoms with E-state index in [1.54, 1.807) is 13.0 Å². The average molecular weight is 341 g/mol. The molecule has 2 nitrogen and oxygen atoms in total. The van der Waals surface area contributed by atoms with Crippen molar-refractivity contribution in [1.82, 2.24) is 4.90 Å². The van der Waals surface area contributed by atoms with Crippen LogP contribution in [0.1, 0.15) is 49.8 Å². The molecule has 2 rings (SSSR count). The van der Waals surface area contributed by atoms with Gasteiger partial charge in [0, 0.05) is 25.4 Å². The number of carbonyl (C=O) groups excluding carboxylic acids is 1. The Morgan fingerprint density at radius 3 is 2.62 bits per heavy atom. The van der Waals surface area contributed by atoms with Crippen LogP contribution in [-0.2, 0) is 17.4 Å². The highest BCUT2D eigenvalue weighted by Crippen LogP contribution is 2.31. The number of nitrogens with zero attached hydrogens (tertiary/aromatic N) is 1. The van der Waals surface area contributed by atoms with Crippen LogP contribution in [0.4, 0.5) is 13.2 Å². The second-order valence-electron chi connectivity index (χ2n) is 7.22. The van der Waals surface area contributed by atoms with Gasteiger partial charge in [0.05, 0.1) is 5.56 Å². The number of carbonyl (C=O) groups is 1. The van der Waals surface area contributed by atoms with Gasteiger partial charge in [-0.15, -0.1) is 0 Å². The molecule has 5 heteroatoms. The van der Waals surface area contributed by atoms with E-state index in [1.165, 1.54) is 0 Å². The third kappa shape index (κ3) is 5.33. The number of likely N-dealkylation sites (tertiary alicyclic amines) is 1. The van der Waals surface area contributed by atoms with Gasteiger partial charge in [-0.1, -0.05) is 11.6 Å². The first-order valence-electron chi connectivity index (χ1n) is 8.58. The lowest BCUT2D eigenvalue weighted by Gasteiger charge is -2.35. The molecule has 24 heavy (non-hydrogen) atoms. The van der Waals surface area contributed by atoms with Crippen molar-refractivity contribution >= 4 is 5.78 Å². The maximum Gasteiger partial charge on any atom is 0.416 e. The van der Waals surface area contributed by atoms with E-state index in [9.17, 15) is 18.0 Å². The standard InChI is InChI=1S/C19H26F3NO/c1-13(2)23-6-4-5-15(12-23)10-18(24)11-16-7-14(3)8-17(9-16)19(20,21)22/h7-9,13,15H,4-6,10-12H2,1-3H3/t15-/m0/s1. The van der Waals surface area contributed by atoms with Crippen LogP contribution in [0.2, 0.25) is 0 Å². The second-order valence-corrected chi connectivity index (χ2v) is 7.22. The molecular formula is C19H26F3NO. The van der Waals surface area contributed by atoms with Crippen molar-refractivity contribution in [2.75, 3.05) is 13.1 Å². The molecule has 1 aliphatic rings. The van der Waals surface area contributed by atoms with E-state index >= 15 is 0 Å². The summed E-state index contributed by atoms with van der Waals surface area (Å²) < 4.78 is 38.7. The highest BCUT2D eigenvalue weighted by Gasteiger charge is 2.31. The predicted molar refractivity (Wildman–Crippen MR) is 88.9 cm³/mol. The molecular weight excluding hydrogens is 315 g/mol. The summed E-state index contributed by atoms with van der Waals surface area (Å²) in [6, 6.07) is 4.37. The molecule has 0 spiro atoms. The first-order valence-corrected chi connectivity index (χ1v) is 8.58. The minimum absolute atomic E-state index is 0.0318. The lowest BCUT2D eigenvalue weighted by Crippen LogP contribution is -2.40. The zero-order chi connectivity index (χ0) is 17.9. The molecule has 0 saturated carbocycles.